The summed E-state index contributed by atoms with van der Waals surface area (Å²) in [6.45, 7) is 8.35. The van der Waals surface area contributed by atoms with E-state index in [-0.39, 0.29) is 30.1 Å². The molecule has 2 amide bonds. The molecule has 0 fully saturated rings. The summed E-state index contributed by atoms with van der Waals surface area (Å²) < 4.78 is 19.5. The van der Waals surface area contributed by atoms with E-state index in [1.54, 1.807) is 53.4 Å². The van der Waals surface area contributed by atoms with Crippen molar-refractivity contribution in [2.45, 2.75) is 39.8 Å². The van der Waals surface area contributed by atoms with Gasteiger partial charge in [-0.25, -0.2) is 4.39 Å². The van der Waals surface area contributed by atoms with Gasteiger partial charge in [0.2, 0.25) is 0 Å². The van der Waals surface area contributed by atoms with Crippen molar-refractivity contribution in [3.63, 3.8) is 0 Å². The fraction of sp³-hybridized carbons (Fsp3) is 0.385. The first-order valence-electron chi connectivity index (χ1n) is 11.8. The topological polar surface area (TPSA) is 82.8 Å². The summed E-state index contributed by atoms with van der Waals surface area (Å²) in [4.78, 5) is 36.5. The van der Waals surface area contributed by atoms with E-state index in [2.05, 4.69) is 28.9 Å². The number of nitrogens with zero attached hydrogens (tertiary/aromatic N) is 5. The maximum atomic E-state index is 14.4. The molecule has 0 aliphatic carbocycles. The number of anilines is 1. The highest BCUT2D eigenvalue weighted by atomic mass is 19.1. The van der Waals surface area contributed by atoms with Gasteiger partial charge in [-0.3, -0.25) is 19.5 Å². The quantitative estimate of drug-likeness (QED) is 0.566. The Bertz CT molecular complexity index is 1180. The van der Waals surface area contributed by atoms with Gasteiger partial charge >= 0.3 is 0 Å². The van der Waals surface area contributed by atoms with Crippen molar-refractivity contribution in [3.8, 4) is 0 Å². The molecule has 3 heterocycles. The first-order valence-corrected chi connectivity index (χ1v) is 11.8. The second-order valence-corrected chi connectivity index (χ2v) is 9.00. The number of fused-ring (bicyclic) bond motifs is 1. The van der Waals surface area contributed by atoms with Crippen LogP contribution in [0, 0.1) is 12.7 Å². The fourth-order valence-corrected chi connectivity index (χ4v) is 4.32. The minimum Gasteiger partial charge on any atom is -0.361 e. The number of amides is 2. The molecule has 0 bridgehead atoms. The zero-order valence-corrected chi connectivity index (χ0v) is 20.3. The van der Waals surface area contributed by atoms with Gasteiger partial charge < -0.3 is 14.3 Å². The highest BCUT2D eigenvalue weighted by Gasteiger charge is 2.27. The first-order chi connectivity index (χ1) is 16.8. The molecule has 8 nitrogen and oxygen atoms in total. The largest absolute Gasteiger partial charge is 0.361 e. The van der Waals surface area contributed by atoms with E-state index in [1.807, 2.05) is 0 Å². The van der Waals surface area contributed by atoms with Gasteiger partial charge in [-0.05, 0) is 63.1 Å². The van der Waals surface area contributed by atoms with E-state index in [0.717, 1.165) is 13.0 Å². The average Bonchev–Trinajstić information content (AvgIpc) is 3.27. The van der Waals surface area contributed by atoms with Gasteiger partial charge in [0.25, 0.3) is 11.8 Å². The number of carbonyl (C=O) groups excluding carboxylic acids is 2. The third kappa shape index (κ3) is 5.74. The number of carbonyl (C=O) groups is 2. The standard InChI is InChI=1S/C26H30FN5O3/c1-18(2)30-11-4-12-32(25(33)20-7-9-28-10-8-20)24-6-5-22(27)16-21(24)17-31(14-13-30)26(34)23-15-19(3)35-29-23/h5-10,15-16,18H,4,11-14,17H2,1-3H3. The highest BCUT2D eigenvalue weighted by Crippen LogP contribution is 2.27. The van der Waals surface area contributed by atoms with Crippen LogP contribution in [0.2, 0.25) is 0 Å². The molecule has 0 unspecified atom stereocenters. The summed E-state index contributed by atoms with van der Waals surface area (Å²) in [5.41, 5.74) is 1.84. The molecule has 35 heavy (non-hydrogen) atoms. The normalized spacial score (nSPS) is 15.6. The molecular formula is C26H30FN5O3. The Labute approximate surface area is 204 Å². The molecule has 2 aromatic heterocycles. The van der Waals surface area contributed by atoms with Crippen molar-refractivity contribution >= 4 is 17.5 Å². The van der Waals surface area contributed by atoms with Crippen LogP contribution in [-0.4, -0.2) is 64.0 Å². The van der Waals surface area contributed by atoms with Crippen LogP contribution in [0.1, 0.15) is 52.4 Å². The number of hydrogen-bond acceptors (Lipinski definition) is 6. The molecule has 9 heteroatoms. The predicted octanol–water partition coefficient (Wildman–Crippen LogP) is 3.92. The first kappa shape index (κ1) is 24.5. The zero-order valence-electron chi connectivity index (χ0n) is 20.3. The molecule has 1 aromatic carbocycles. The van der Waals surface area contributed by atoms with E-state index in [4.69, 9.17) is 4.52 Å². The van der Waals surface area contributed by atoms with E-state index in [9.17, 15) is 14.0 Å². The lowest BCUT2D eigenvalue weighted by Gasteiger charge is -2.29. The second-order valence-electron chi connectivity index (χ2n) is 9.00. The van der Waals surface area contributed by atoms with E-state index < -0.39 is 5.82 Å². The minimum atomic E-state index is -0.427. The minimum absolute atomic E-state index is 0.129. The van der Waals surface area contributed by atoms with Crippen molar-refractivity contribution in [1.29, 1.82) is 0 Å². The van der Waals surface area contributed by atoms with Crippen LogP contribution in [-0.2, 0) is 6.54 Å². The lowest BCUT2D eigenvalue weighted by molar-refractivity contribution is 0.0701. The average molecular weight is 480 g/mol. The summed E-state index contributed by atoms with van der Waals surface area (Å²) in [5, 5.41) is 3.89. The molecule has 1 aliphatic heterocycles. The number of halogens is 1. The van der Waals surface area contributed by atoms with Crippen LogP contribution in [0.25, 0.3) is 0 Å². The Hall–Kier alpha value is -3.59. The number of aromatic nitrogens is 2. The van der Waals surface area contributed by atoms with Crippen molar-refractivity contribution in [1.82, 2.24) is 19.9 Å². The van der Waals surface area contributed by atoms with Gasteiger partial charge in [0, 0.05) is 68.5 Å². The zero-order chi connectivity index (χ0) is 24.9. The van der Waals surface area contributed by atoms with Gasteiger partial charge in [-0.15, -0.1) is 0 Å². The molecule has 1 aliphatic rings. The van der Waals surface area contributed by atoms with Gasteiger partial charge in [0.05, 0.1) is 0 Å². The molecule has 0 saturated carbocycles. The Morgan fingerprint density at radius 2 is 1.77 bits per heavy atom. The molecule has 0 atom stereocenters. The number of rotatable bonds is 3. The van der Waals surface area contributed by atoms with Crippen molar-refractivity contribution in [2.75, 3.05) is 31.1 Å². The fourth-order valence-electron chi connectivity index (χ4n) is 4.32. The molecule has 184 valence electrons. The number of pyridine rings is 1. The predicted molar refractivity (Wildman–Crippen MR) is 130 cm³/mol. The van der Waals surface area contributed by atoms with Crippen molar-refractivity contribution in [2.24, 2.45) is 0 Å². The van der Waals surface area contributed by atoms with Crippen LogP contribution in [0.5, 0.6) is 0 Å². The number of aryl methyl sites for hydroxylation is 1. The number of hydrogen-bond donors (Lipinski definition) is 0. The van der Waals surface area contributed by atoms with Crippen LogP contribution in [0.15, 0.2) is 53.3 Å². The molecule has 0 radical (unpaired) electrons. The number of benzene rings is 1. The summed E-state index contributed by atoms with van der Waals surface area (Å²) in [6, 6.07) is 9.54. The smallest absolute Gasteiger partial charge is 0.276 e. The Morgan fingerprint density at radius 1 is 1.00 bits per heavy atom. The van der Waals surface area contributed by atoms with Crippen LogP contribution >= 0.6 is 0 Å². The van der Waals surface area contributed by atoms with E-state index >= 15 is 0 Å². The Morgan fingerprint density at radius 3 is 2.46 bits per heavy atom. The van der Waals surface area contributed by atoms with Gasteiger partial charge in [-0.2, -0.15) is 0 Å². The second kappa shape index (κ2) is 10.8. The van der Waals surface area contributed by atoms with E-state index in [0.29, 0.717) is 42.2 Å². The Balaban J connectivity index is 1.76. The van der Waals surface area contributed by atoms with Crippen LogP contribution in [0.3, 0.4) is 0 Å². The molecule has 0 spiro atoms. The van der Waals surface area contributed by atoms with Crippen molar-refractivity contribution < 1.29 is 18.5 Å². The Kier molecular flexibility index (Phi) is 7.55. The molecule has 4 rings (SSSR count). The van der Waals surface area contributed by atoms with Crippen LogP contribution < -0.4 is 4.90 Å². The van der Waals surface area contributed by atoms with Gasteiger partial charge in [0.15, 0.2) is 5.69 Å². The van der Waals surface area contributed by atoms with Gasteiger partial charge in [-0.1, -0.05) is 5.16 Å². The summed E-state index contributed by atoms with van der Waals surface area (Å²) >= 11 is 0. The molecule has 0 N–H and O–H groups in total. The SMILES string of the molecule is Cc1cc(C(=O)N2CCN(C(C)C)CCCN(C(=O)c3ccncc3)c3ccc(F)cc3C2)no1. The van der Waals surface area contributed by atoms with Gasteiger partial charge in [0.1, 0.15) is 11.6 Å². The van der Waals surface area contributed by atoms with Crippen molar-refractivity contribution in [3.05, 3.63) is 77.2 Å². The summed E-state index contributed by atoms with van der Waals surface area (Å²) in [5.74, 6) is -0.383. The maximum Gasteiger partial charge on any atom is 0.276 e. The summed E-state index contributed by atoms with van der Waals surface area (Å²) in [7, 11) is 0. The highest BCUT2D eigenvalue weighted by molar-refractivity contribution is 6.06. The van der Waals surface area contributed by atoms with E-state index in [1.165, 1.54) is 12.1 Å². The molecule has 3 aromatic rings. The third-order valence-corrected chi connectivity index (χ3v) is 6.21. The molecule has 0 saturated heterocycles. The lowest BCUT2D eigenvalue weighted by atomic mass is 10.1. The monoisotopic (exact) mass is 479 g/mol. The lowest BCUT2D eigenvalue weighted by Crippen LogP contribution is -2.41. The molecular weight excluding hydrogens is 449 g/mol. The van der Waals surface area contributed by atoms with Crippen LogP contribution in [0.4, 0.5) is 10.1 Å². The maximum absolute atomic E-state index is 14.4. The summed E-state index contributed by atoms with van der Waals surface area (Å²) in [6.07, 6.45) is 3.88. The third-order valence-electron chi connectivity index (χ3n) is 6.21.